The molecule has 0 radical (unpaired) electrons. The molecule has 138 valence electrons. The fraction of sp³-hybridized carbons (Fsp3) is 1.00. The number of fused-ring (bicyclic) bond motifs is 4. The van der Waals surface area contributed by atoms with Crippen molar-refractivity contribution in [3.8, 4) is 0 Å². The lowest BCUT2D eigenvalue weighted by Crippen LogP contribution is -2.60. The zero-order valence-electron chi connectivity index (χ0n) is 16.7. The Balaban J connectivity index is 1.15. The molecule has 2 nitrogen and oxygen atoms in total. The van der Waals surface area contributed by atoms with Gasteiger partial charge in [0.1, 0.15) is 0 Å². The monoisotopic (exact) mass is 332 g/mol. The lowest BCUT2D eigenvalue weighted by atomic mass is 9.45. The predicted octanol–water partition coefficient (Wildman–Crippen LogP) is 4.31. The standard InChI is InChI=1S/C22H40N2/c1-14-18-11-17(22(18,4)5)12-20(14)24-9-8-23-13-15-6-7-16-10-19(15)21(16,2)3/h14-20,23-24H,6-13H2,1-5H3/t14-,15+,16?,17+,18-,19?,20-/m1/s1. The molecular weight excluding hydrogens is 292 g/mol. The van der Waals surface area contributed by atoms with Crippen LogP contribution in [0.25, 0.3) is 0 Å². The molecule has 0 heterocycles. The Morgan fingerprint density at radius 2 is 1.54 bits per heavy atom. The van der Waals surface area contributed by atoms with Gasteiger partial charge < -0.3 is 10.6 Å². The molecular formula is C22H40N2. The summed E-state index contributed by atoms with van der Waals surface area (Å²) in [5, 5.41) is 7.66. The van der Waals surface area contributed by atoms with Crippen LogP contribution < -0.4 is 10.6 Å². The van der Waals surface area contributed by atoms with E-state index in [0.717, 1.165) is 54.6 Å². The van der Waals surface area contributed by atoms with Crippen LogP contribution in [0.3, 0.4) is 0 Å². The maximum Gasteiger partial charge on any atom is 0.00989 e. The summed E-state index contributed by atoms with van der Waals surface area (Å²) in [5.41, 5.74) is 1.25. The van der Waals surface area contributed by atoms with Gasteiger partial charge in [-0.2, -0.15) is 0 Å². The van der Waals surface area contributed by atoms with E-state index >= 15 is 0 Å². The first kappa shape index (κ1) is 17.3. The van der Waals surface area contributed by atoms with Gasteiger partial charge in [0.2, 0.25) is 0 Å². The van der Waals surface area contributed by atoms with Crippen LogP contribution in [0.1, 0.15) is 66.7 Å². The first-order valence-corrected chi connectivity index (χ1v) is 10.8. The molecule has 4 bridgehead atoms. The van der Waals surface area contributed by atoms with E-state index in [1.807, 2.05) is 0 Å². The van der Waals surface area contributed by atoms with E-state index in [2.05, 4.69) is 45.3 Å². The highest BCUT2D eigenvalue weighted by molar-refractivity contribution is 5.07. The summed E-state index contributed by atoms with van der Waals surface area (Å²) in [7, 11) is 0. The Bertz CT molecular complexity index is 467. The van der Waals surface area contributed by atoms with E-state index in [0.29, 0.717) is 10.8 Å². The van der Waals surface area contributed by atoms with E-state index in [9.17, 15) is 0 Å². The maximum atomic E-state index is 3.88. The van der Waals surface area contributed by atoms with E-state index < -0.39 is 0 Å². The normalized spacial score (nSPS) is 47.6. The number of hydrogen-bond donors (Lipinski definition) is 2. The third-order valence-electron chi connectivity index (χ3n) is 9.47. The van der Waals surface area contributed by atoms with Gasteiger partial charge in [0, 0.05) is 19.1 Å². The molecule has 6 aliphatic carbocycles. The van der Waals surface area contributed by atoms with Crippen molar-refractivity contribution in [1.82, 2.24) is 10.6 Å². The summed E-state index contributed by atoms with van der Waals surface area (Å²) in [6.07, 6.45) is 7.36. The summed E-state index contributed by atoms with van der Waals surface area (Å²) >= 11 is 0. The minimum Gasteiger partial charge on any atom is -0.315 e. The van der Waals surface area contributed by atoms with E-state index in [1.165, 1.54) is 38.6 Å². The van der Waals surface area contributed by atoms with Crippen molar-refractivity contribution in [3.05, 3.63) is 0 Å². The van der Waals surface area contributed by atoms with E-state index in [1.54, 1.807) is 0 Å². The van der Waals surface area contributed by atoms with Gasteiger partial charge in [0.15, 0.2) is 0 Å². The molecule has 0 amide bonds. The molecule has 0 aromatic heterocycles. The van der Waals surface area contributed by atoms with Crippen molar-refractivity contribution >= 4 is 0 Å². The Labute approximate surface area is 149 Å². The zero-order chi connectivity index (χ0) is 17.1. The van der Waals surface area contributed by atoms with E-state index in [4.69, 9.17) is 0 Å². The largest absolute Gasteiger partial charge is 0.315 e. The summed E-state index contributed by atoms with van der Waals surface area (Å²) in [5.74, 6) is 5.74. The zero-order valence-corrected chi connectivity index (χ0v) is 16.7. The fourth-order valence-corrected chi connectivity index (χ4v) is 7.26. The summed E-state index contributed by atoms with van der Waals surface area (Å²) in [6.45, 7) is 16.1. The first-order chi connectivity index (χ1) is 11.3. The van der Waals surface area contributed by atoms with E-state index in [-0.39, 0.29) is 0 Å². The molecule has 0 aliphatic heterocycles. The average Bonchev–Trinajstić information content (AvgIpc) is 2.55. The second-order valence-electron chi connectivity index (χ2n) is 10.9. The molecule has 6 rings (SSSR count). The van der Waals surface area contributed by atoms with Gasteiger partial charge in [-0.3, -0.25) is 0 Å². The molecule has 6 fully saturated rings. The second-order valence-corrected chi connectivity index (χ2v) is 10.9. The van der Waals surface area contributed by atoms with Crippen molar-refractivity contribution in [2.24, 2.45) is 46.3 Å². The number of hydrogen-bond acceptors (Lipinski definition) is 2. The molecule has 0 aromatic carbocycles. The molecule has 0 saturated heterocycles. The Morgan fingerprint density at radius 3 is 2.17 bits per heavy atom. The molecule has 0 aromatic rings. The topological polar surface area (TPSA) is 24.1 Å². The highest BCUT2D eigenvalue weighted by atomic mass is 15.0. The first-order valence-electron chi connectivity index (χ1n) is 10.8. The van der Waals surface area contributed by atoms with Crippen LogP contribution in [0.5, 0.6) is 0 Å². The van der Waals surface area contributed by atoms with Gasteiger partial charge in [-0.15, -0.1) is 0 Å². The Morgan fingerprint density at radius 1 is 0.833 bits per heavy atom. The smallest absolute Gasteiger partial charge is 0.00989 e. The highest BCUT2D eigenvalue weighted by Crippen LogP contribution is 2.62. The van der Waals surface area contributed by atoms with Crippen LogP contribution in [0.4, 0.5) is 0 Å². The van der Waals surface area contributed by atoms with Gasteiger partial charge in [0.05, 0.1) is 0 Å². The molecule has 7 atom stereocenters. The predicted molar refractivity (Wildman–Crippen MR) is 102 cm³/mol. The van der Waals surface area contributed by atoms with Crippen molar-refractivity contribution in [2.45, 2.75) is 72.8 Å². The van der Waals surface area contributed by atoms with Crippen molar-refractivity contribution in [1.29, 1.82) is 0 Å². The Kier molecular flexibility index (Phi) is 4.32. The van der Waals surface area contributed by atoms with Crippen LogP contribution in [0.2, 0.25) is 0 Å². The fourth-order valence-electron chi connectivity index (χ4n) is 7.26. The van der Waals surface area contributed by atoms with Gasteiger partial charge in [-0.1, -0.05) is 34.6 Å². The summed E-state index contributed by atoms with van der Waals surface area (Å²) in [4.78, 5) is 0. The minimum atomic E-state index is 0.615. The Hall–Kier alpha value is -0.0800. The number of nitrogens with one attached hydrogen (secondary N) is 2. The van der Waals surface area contributed by atoms with Crippen molar-refractivity contribution in [3.63, 3.8) is 0 Å². The number of rotatable bonds is 6. The summed E-state index contributed by atoms with van der Waals surface area (Å²) in [6, 6.07) is 0.768. The van der Waals surface area contributed by atoms with Crippen LogP contribution in [-0.4, -0.2) is 25.7 Å². The molecule has 6 saturated carbocycles. The van der Waals surface area contributed by atoms with Crippen LogP contribution in [0.15, 0.2) is 0 Å². The van der Waals surface area contributed by atoms with Crippen molar-refractivity contribution in [2.75, 3.05) is 19.6 Å². The van der Waals surface area contributed by atoms with Gasteiger partial charge >= 0.3 is 0 Å². The lowest BCUT2D eigenvalue weighted by Gasteiger charge is -2.62. The minimum absolute atomic E-state index is 0.615. The third-order valence-corrected chi connectivity index (χ3v) is 9.47. The molecule has 6 aliphatic rings. The second kappa shape index (κ2) is 5.98. The summed E-state index contributed by atoms with van der Waals surface area (Å²) < 4.78 is 0. The molecule has 2 N–H and O–H groups in total. The SMILES string of the molecule is C[C@@H]1[C@H]2C[C@@H](C[C@H]1NCCNC[C@@H]1CCC3CC1C3(C)C)C2(C)C. The third kappa shape index (κ3) is 2.58. The molecule has 0 spiro atoms. The van der Waals surface area contributed by atoms with Gasteiger partial charge in [0.25, 0.3) is 0 Å². The van der Waals surface area contributed by atoms with Crippen LogP contribution in [0, 0.1) is 46.3 Å². The quantitative estimate of drug-likeness (QED) is 0.708. The molecule has 2 heteroatoms. The van der Waals surface area contributed by atoms with Crippen LogP contribution >= 0.6 is 0 Å². The van der Waals surface area contributed by atoms with Gasteiger partial charge in [-0.05, 0) is 85.0 Å². The molecule has 24 heavy (non-hydrogen) atoms. The van der Waals surface area contributed by atoms with Crippen molar-refractivity contribution < 1.29 is 0 Å². The van der Waals surface area contributed by atoms with Gasteiger partial charge in [-0.25, -0.2) is 0 Å². The van der Waals surface area contributed by atoms with Crippen LogP contribution in [-0.2, 0) is 0 Å². The average molecular weight is 333 g/mol. The molecule has 2 unspecified atom stereocenters. The maximum absolute atomic E-state index is 3.88. The highest BCUT2D eigenvalue weighted by Gasteiger charge is 2.56. The lowest BCUT2D eigenvalue weighted by molar-refractivity contribution is -0.115.